The number of anilines is 1. The van der Waals surface area contributed by atoms with Gasteiger partial charge in [-0.05, 0) is 37.5 Å². The van der Waals surface area contributed by atoms with Crippen LogP contribution in [-0.4, -0.2) is 21.0 Å². The van der Waals surface area contributed by atoms with Crippen molar-refractivity contribution in [2.24, 2.45) is 5.10 Å². The van der Waals surface area contributed by atoms with Crippen molar-refractivity contribution in [1.82, 2.24) is 14.8 Å². The number of rotatable bonds is 7. The van der Waals surface area contributed by atoms with Gasteiger partial charge in [0, 0.05) is 6.54 Å². The molecule has 0 atom stereocenters. The van der Waals surface area contributed by atoms with Crippen molar-refractivity contribution in [3.05, 3.63) is 65.9 Å². The molecule has 0 aliphatic heterocycles. The average Bonchev–Trinajstić information content (AvgIpc) is 3.19. The van der Waals surface area contributed by atoms with E-state index in [1.165, 1.54) is 5.56 Å². The highest BCUT2D eigenvalue weighted by atomic mass is 16.3. The van der Waals surface area contributed by atoms with Crippen LogP contribution in [0.2, 0.25) is 0 Å². The summed E-state index contributed by atoms with van der Waals surface area (Å²) in [4.78, 5) is 4.35. The Balaban J connectivity index is 1.57. The van der Waals surface area contributed by atoms with Crippen molar-refractivity contribution >= 4 is 12.2 Å². The number of nitrogens with zero attached hydrogens (tertiary/aromatic N) is 4. The Bertz CT molecular complexity index is 747. The number of hydrazone groups is 1. The molecular weight excluding hydrogens is 290 g/mol. The molecule has 3 aromatic rings. The molecule has 2 aromatic heterocycles. The van der Waals surface area contributed by atoms with Gasteiger partial charge in [-0.1, -0.05) is 30.3 Å². The highest BCUT2D eigenvalue weighted by Crippen LogP contribution is 2.09. The summed E-state index contributed by atoms with van der Waals surface area (Å²) in [6, 6.07) is 14.1. The highest BCUT2D eigenvalue weighted by Gasteiger charge is 2.06. The van der Waals surface area contributed by atoms with Crippen molar-refractivity contribution in [2.45, 2.75) is 26.3 Å². The quantitative estimate of drug-likeness (QED) is 0.537. The molecule has 0 unspecified atom stereocenters. The number of aromatic nitrogens is 3. The van der Waals surface area contributed by atoms with Gasteiger partial charge in [0.2, 0.25) is 5.95 Å². The van der Waals surface area contributed by atoms with Gasteiger partial charge in [0.15, 0.2) is 0 Å². The van der Waals surface area contributed by atoms with Crippen molar-refractivity contribution in [3.63, 3.8) is 0 Å². The molecule has 0 amide bonds. The van der Waals surface area contributed by atoms with Gasteiger partial charge in [-0.3, -0.25) is 0 Å². The van der Waals surface area contributed by atoms with Crippen LogP contribution < -0.4 is 5.43 Å². The summed E-state index contributed by atoms with van der Waals surface area (Å²) in [6.07, 6.45) is 5.22. The predicted molar refractivity (Wildman–Crippen MR) is 89.4 cm³/mol. The minimum atomic E-state index is 0.637. The molecule has 0 fully saturated rings. The van der Waals surface area contributed by atoms with Crippen LogP contribution in [0, 0.1) is 6.92 Å². The molecule has 1 aromatic carbocycles. The van der Waals surface area contributed by atoms with E-state index in [4.69, 9.17) is 4.42 Å². The lowest BCUT2D eigenvalue weighted by atomic mass is 10.1. The van der Waals surface area contributed by atoms with E-state index in [2.05, 4.69) is 44.9 Å². The van der Waals surface area contributed by atoms with Crippen LogP contribution in [0.3, 0.4) is 0 Å². The van der Waals surface area contributed by atoms with Gasteiger partial charge in [-0.25, -0.2) is 10.1 Å². The third-order valence-electron chi connectivity index (χ3n) is 3.36. The molecule has 6 heteroatoms. The molecule has 118 valence electrons. The zero-order valence-electron chi connectivity index (χ0n) is 13.0. The lowest BCUT2D eigenvalue weighted by Gasteiger charge is -2.05. The van der Waals surface area contributed by atoms with Crippen molar-refractivity contribution < 1.29 is 4.42 Å². The van der Waals surface area contributed by atoms with Gasteiger partial charge in [-0.15, -0.1) is 0 Å². The highest BCUT2D eigenvalue weighted by molar-refractivity contribution is 5.76. The first-order valence-corrected chi connectivity index (χ1v) is 7.59. The second-order valence-corrected chi connectivity index (χ2v) is 5.18. The number of hydrogen-bond acceptors (Lipinski definition) is 5. The summed E-state index contributed by atoms with van der Waals surface area (Å²) in [7, 11) is 0. The Morgan fingerprint density at radius 2 is 2.09 bits per heavy atom. The zero-order chi connectivity index (χ0) is 15.9. The van der Waals surface area contributed by atoms with Gasteiger partial charge in [0.25, 0.3) is 0 Å². The third-order valence-corrected chi connectivity index (χ3v) is 3.36. The van der Waals surface area contributed by atoms with Crippen LogP contribution in [0.25, 0.3) is 0 Å². The maximum Gasteiger partial charge on any atom is 0.242 e. The van der Waals surface area contributed by atoms with Gasteiger partial charge < -0.3 is 4.42 Å². The molecule has 1 N–H and O–H groups in total. The fourth-order valence-corrected chi connectivity index (χ4v) is 2.29. The van der Waals surface area contributed by atoms with Crippen LogP contribution in [0.4, 0.5) is 5.95 Å². The van der Waals surface area contributed by atoms with Gasteiger partial charge >= 0.3 is 0 Å². The Morgan fingerprint density at radius 3 is 2.87 bits per heavy atom. The lowest BCUT2D eigenvalue weighted by molar-refractivity contribution is 0.560. The molecule has 23 heavy (non-hydrogen) atoms. The molecular formula is C17H19N5O. The normalized spacial score (nSPS) is 11.2. The number of hydrogen-bond donors (Lipinski definition) is 1. The van der Waals surface area contributed by atoms with Gasteiger partial charge in [0.05, 0.1) is 12.5 Å². The first-order valence-electron chi connectivity index (χ1n) is 7.59. The van der Waals surface area contributed by atoms with Crippen molar-refractivity contribution in [1.29, 1.82) is 0 Å². The molecule has 3 rings (SSSR count). The molecule has 0 saturated carbocycles. The van der Waals surface area contributed by atoms with Crippen molar-refractivity contribution in [3.8, 4) is 0 Å². The summed E-state index contributed by atoms with van der Waals surface area (Å²) in [5, 5.41) is 8.54. The zero-order valence-corrected chi connectivity index (χ0v) is 13.0. The van der Waals surface area contributed by atoms with E-state index < -0.39 is 0 Å². The molecule has 0 aliphatic rings. The first-order chi connectivity index (χ1) is 11.3. The summed E-state index contributed by atoms with van der Waals surface area (Å²) in [5.41, 5.74) is 4.25. The third kappa shape index (κ3) is 4.29. The van der Waals surface area contributed by atoms with Crippen LogP contribution in [0.1, 0.15) is 23.6 Å². The van der Waals surface area contributed by atoms with Gasteiger partial charge in [0.1, 0.15) is 11.6 Å². The van der Waals surface area contributed by atoms with E-state index in [1.54, 1.807) is 12.5 Å². The monoisotopic (exact) mass is 309 g/mol. The second-order valence-electron chi connectivity index (χ2n) is 5.18. The maximum atomic E-state index is 5.19. The van der Waals surface area contributed by atoms with Crippen molar-refractivity contribution in [2.75, 3.05) is 5.43 Å². The molecule has 0 spiro atoms. The Morgan fingerprint density at radius 1 is 1.22 bits per heavy atom. The number of nitrogens with one attached hydrogen (secondary N) is 1. The standard InChI is InChI=1S/C17H19N5O/c1-14-19-17(20-18-13-16-10-6-12-23-16)22(21-14)11-5-9-15-7-3-2-4-8-15/h2-4,6-8,10,12-13H,5,9,11H2,1H3,(H,19,20,21)/b18-13-. The number of furan rings is 1. The van der Waals surface area contributed by atoms with Crippen LogP contribution in [0.15, 0.2) is 58.2 Å². The largest absolute Gasteiger partial charge is 0.463 e. The molecule has 0 bridgehead atoms. The first kappa shape index (κ1) is 15.0. The van der Waals surface area contributed by atoms with E-state index >= 15 is 0 Å². The number of benzene rings is 1. The topological polar surface area (TPSA) is 68.2 Å². The smallest absolute Gasteiger partial charge is 0.242 e. The van der Waals surface area contributed by atoms with Crippen LogP contribution >= 0.6 is 0 Å². The maximum absolute atomic E-state index is 5.19. The summed E-state index contributed by atoms with van der Waals surface area (Å²) in [5.74, 6) is 2.04. The minimum absolute atomic E-state index is 0.637. The Hall–Kier alpha value is -2.89. The fourth-order valence-electron chi connectivity index (χ4n) is 2.29. The van der Waals surface area contributed by atoms with E-state index in [9.17, 15) is 0 Å². The SMILES string of the molecule is Cc1nc(N/N=C\c2ccco2)n(CCCc2ccccc2)n1. The average molecular weight is 309 g/mol. The molecule has 0 saturated heterocycles. The fraction of sp³-hybridized carbons (Fsp3) is 0.235. The van der Waals surface area contributed by atoms with E-state index in [0.717, 1.165) is 25.2 Å². The van der Waals surface area contributed by atoms with Crippen LogP contribution in [-0.2, 0) is 13.0 Å². The molecule has 0 aliphatic carbocycles. The summed E-state index contributed by atoms with van der Waals surface area (Å²) < 4.78 is 7.03. The van der Waals surface area contributed by atoms with E-state index in [-0.39, 0.29) is 0 Å². The Kier molecular flexibility index (Phi) is 4.83. The Labute approximate surface area is 134 Å². The summed E-state index contributed by atoms with van der Waals surface area (Å²) >= 11 is 0. The molecule has 0 radical (unpaired) electrons. The second kappa shape index (κ2) is 7.40. The molecule has 6 nitrogen and oxygen atoms in total. The van der Waals surface area contributed by atoms with Crippen LogP contribution in [0.5, 0.6) is 0 Å². The summed E-state index contributed by atoms with van der Waals surface area (Å²) in [6.45, 7) is 2.66. The minimum Gasteiger partial charge on any atom is -0.463 e. The predicted octanol–water partition coefficient (Wildman–Crippen LogP) is 3.26. The number of aryl methyl sites for hydroxylation is 3. The van der Waals surface area contributed by atoms with Gasteiger partial charge in [-0.2, -0.15) is 15.2 Å². The van der Waals surface area contributed by atoms with E-state index in [1.807, 2.05) is 29.8 Å². The molecule has 2 heterocycles. The lowest BCUT2D eigenvalue weighted by Crippen LogP contribution is -2.06. The van der Waals surface area contributed by atoms with E-state index in [0.29, 0.717) is 11.7 Å².